The van der Waals surface area contributed by atoms with Crippen LogP contribution in [0.5, 0.6) is 0 Å². The van der Waals surface area contributed by atoms with Crippen molar-refractivity contribution >= 4 is 39.1 Å². The summed E-state index contributed by atoms with van der Waals surface area (Å²) < 4.78 is 40.0. The Kier molecular flexibility index (Phi) is 9.66. The number of rotatable bonds is 11. The van der Waals surface area contributed by atoms with Crippen LogP contribution >= 0.6 is 11.6 Å². The average Bonchev–Trinajstić information content (AvgIpc) is 2.87. The molecule has 2 amide bonds. The summed E-state index contributed by atoms with van der Waals surface area (Å²) in [6, 6.07) is 20.9. The number of hydrogen-bond donors (Lipinski definition) is 1. The van der Waals surface area contributed by atoms with Crippen molar-refractivity contribution in [1.29, 1.82) is 0 Å². The van der Waals surface area contributed by atoms with Crippen molar-refractivity contribution in [1.82, 2.24) is 10.2 Å². The highest BCUT2D eigenvalue weighted by molar-refractivity contribution is 7.92. The van der Waals surface area contributed by atoms with Gasteiger partial charge in [-0.2, -0.15) is 0 Å². The van der Waals surface area contributed by atoms with Crippen molar-refractivity contribution in [3.8, 4) is 0 Å². The van der Waals surface area contributed by atoms with E-state index in [1.165, 1.54) is 11.0 Å². The van der Waals surface area contributed by atoms with Crippen LogP contribution in [0, 0.1) is 5.82 Å². The number of likely N-dealkylation sites (N-methyl/N-ethyl adjacent to an activating group) is 1. The van der Waals surface area contributed by atoms with Gasteiger partial charge in [0, 0.05) is 19.5 Å². The minimum atomic E-state index is -3.96. The molecule has 1 atom stereocenters. The molecule has 0 saturated carbocycles. The van der Waals surface area contributed by atoms with E-state index in [0.717, 1.165) is 33.8 Å². The number of carbonyl (C=O) groups is 2. The molecule has 1 N–H and O–H groups in total. The fourth-order valence-electron chi connectivity index (χ4n) is 3.88. The van der Waals surface area contributed by atoms with E-state index in [2.05, 4.69) is 5.32 Å². The van der Waals surface area contributed by atoms with E-state index < -0.39 is 34.3 Å². The maximum Gasteiger partial charge on any atom is 0.244 e. The SMILES string of the molecule is CCNC(=O)[C@@H](Cc1ccccc1)N(Cc1ccccc1)C(=O)CN(c1ccc(F)c(Cl)c1)S(C)(=O)=O. The van der Waals surface area contributed by atoms with E-state index in [1.807, 2.05) is 60.7 Å². The molecule has 0 aromatic heterocycles. The zero-order valence-electron chi connectivity index (χ0n) is 20.6. The molecule has 0 fully saturated rings. The summed E-state index contributed by atoms with van der Waals surface area (Å²) in [5.41, 5.74) is 1.66. The smallest absolute Gasteiger partial charge is 0.244 e. The molecule has 0 aliphatic rings. The molecule has 0 aliphatic carbocycles. The summed E-state index contributed by atoms with van der Waals surface area (Å²) in [7, 11) is -3.96. The van der Waals surface area contributed by atoms with Gasteiger partial charge in [-0.15, -0.1) is 0 Å². The number of halogens is 2. The lowest BCUT2D eigenvalue weighted by atomic mass is 10.0. The molecule has 0 aliphatic heterocycles. The van der Waals surface area contributed by atoms with Crippen LogP contribution in [0.4, 0.5) is 10.1 Å². The van der Waals surface area contributed by atoms with E-state index in [4.69, 9.17) is 11.6 Å². The Labute approximate surface area is 221 Å². The molecule has 0 radical (unpaired) electrons. The topological polar surface area (TPSA) is 86.8 Å². The van der Waals surface area contributed by atoms with E-state index in [1.54, 1.807) is 6.92 Å². The van der Waals surface area contributed by atoms with Crippen molar-refractivity contribution in [3.63, 3.8) is 0 Å². The number of benzene rings is 3. The largest absolute Gasteiger partial charge is 0.355 e. The molecule has 0 spiro atoms. The van der Waals surface area contributed by atoms with Gasteiger partial charge in [0.25, 0.3) is 0 Å². The van der Waals surface area contributed by atoms with Crippen LogP contribution in [-0.2, 0) is 32.6 Å². The number of nitrogens with one attached hydrogen (secondary N) is 1. The quantitative estimate of drug-likeness (QED) is 0.394. The number of nitrogens with zero attached hydrogens (tertiary/aromatic N) is 2. The van der Waals surface area contributed by atoms with Crippen molar-refractivity contribution in [3.05, 3.63) is 101 Å². The van der Waals surface area contributed by atoms with Crippen molar-refractivity contribution < 1.29 is 22.4 Å². The second-order valence-electron chi connectivity index (χ2n) is 8.48. The number of hydrogen-bond acceptors (Lipinski definition) is 4. The molecule has 3 rings (SSSR count). The maximum atomic E-state index is 13.8. The number of anilines is 1. The Bertz CT molecular complexity index is 1320. The standard InChI is InChI=1S/C27H29ClFN3O4S/c1-3-30-27(34)25(16-20-10-6-4-7-11-20)31(18-21-12-8-5-9-13-21)26(33)19-32(37(2,35)36)22-14-15-24(29)23(28)17-22/h4-15,17,25H,3,16,18-19H2,1-2H3,(H,30,34)/t25-/m1/s1. The summed E-state index contributed by atoms with van der Waals surface area (Å²) in [4.78, 5) is 28.4. The van der Waals surface area contributed by atoms with Gasteiger partial charge in [-0.05, 0) is 36.2 Å². The average molecular weight is 546 g/mol. The van der Waals surface area contributed by atoms with Crippen molar-refractivity contribution in [2.45, 2.75) is 25.9 Å². The third-order valence-corrected chi connectivity index (χ3v) is 7.12. The fraction of sp³-hybridized carbons (Fsp3) is 0.259. The van der Waals surface area contributed by atoms with E-state index in [0.29, 0.717) is 6.54 Å². The summed E-state index contributed by atoms with van der Waals surface area (Å²) in [6.45, 7) is 1.62. The summed E-state index contributed by atoms with van der Waals surface area (Å²) >= 11 is 5.89. The highest BCUT2D eigenvalue weighted by atomic mass is 35.5. The Morgan fingerprint density at radius 3 is 2.11 bits per heavy atom. The molecule has 7 nitrogen and oxygen atoms in total. The van der Waals surface area contributed by atoms with Crippen LogP contribution in [0.25, 0.3) is 0 Å². The van der Waals surface area contributed by atoms with E-state index >= 15 is 0 Å². The maximum absolute atomic E-state index is 13.8. The van der Waals surface area contributed by atoms with Crippen LogP contribution in [0.3, 0.4) is 0 Å². The number of sulfonamides is 1. The van der Waals surface area contributed by atoms with Gasteiger partial charge in [-0.25, -0.2) is 12.8 Å². The molecule has 0 unspecified atom stereocenters. The fourth-order valence-corrected chi connectivity index (χ4v) is 4.90. The van der Waals surface area contributed by atoms with Gasteiger partial charge in [0.05, 0.1) is 17.0 Å². The first-order chi connectivity index (χ1) is 17.6. The van der Waals surface area contributed by atoms with E-state index in [-0.39, 0.29) is 29.6 Å². The molecule has 0 bridgehead atoms. The first kappa shape index (κ1) is 28.1. The lowest BCUT2D eigenvalue weighted by Crippen LogP contribution is -2.53. The molecule has 37 heavy (non-hydrogen) atoms. The number of carbonyl (C=O) groups excluding carboxylic acids is 2. The summed E-state index contributed by atoms with van der Waals surface area (Å²) in [6.07, 6.45) is 1.18. The number of amides is 2. The lowest BCUT2D eigenvalue weighted by molar-refractivity contribution is -0.140. The predicted octanol–water partition coefficient (Wildman–Crippen LogP) is 4.02. The van der Waals surface area contributed by atoms with Gasteiger partial charge in [0.15, 0.2) is 0 Å². The molecular weight excluding hydrogens is 517 g/mol. The van der Waals surface area contributed by atoms with Gasteiger partial charge in [-0.3, -0.25) is 13.9 Å². The molecular formula is C27H29ClFN3O4S. The molecule has 196 valence electrons. The van der Waals surface area contributed by atoms with Crippen LogP contribution in [0.1, 0.15) is 18.1 Å². The lowest BCUT2D eigenvalue weighted by Gasteiger charge is -2.33. The highest BCUT2D eigenvalue weighted by Crippen LogP contribution is 2.25. The van der Waals surface area contributed by atoms with Crippen molar-refractivity contribution in [2.75, 3.05) is 23.7 Å². The third-order valence-electron chi connectivity index (χ3n) is 5.69. The second kappa shape index (κ2) is 12.7. The third kappa shape index (κ3) is 7.77. The Morgan fingerprint density at radius 1 is 0.973 bits per heavy atom. The van der Waals surface area contributed by atoms with Gasteiger partial charge in [-0.1, -0.05) is 72.3 Å². The Hall–Kier alpha value is -3.43. The predicted molar refractivity (Wildman–Crippen MR) is 143 cm³/mol. The van der Waals surface area contributed by atoms with E-state index in [9.17, 15) is 22.4 Å². The normalized spacial score (nSPS) is 12.0. The molecule has 0 saturated heterocycles. The molecule has 3 aromatic carbocycles. The zero-order valence-corrected chi connectivity index (χ0v) is 22.2. The minimum absolute atomic E-state index is 0.0412. The monoisotopic (exact) mass is 545 g/mol. The van der Waals surface area contributed by atoms with Gasteiger partial charge in [0.1, 0.15) is 18.4 Å². The molecule has 10 heteroatoms. The van der Waals surface area contributed by atoms with Crippen LogP contribution < -0.4 is 9.62 Å². The van der Waals surface area contributed by atoms with Gasteiger partial charge >= 0.3 is 0 Å². The molecule has 0 heterocycles. The Balaban J connectivity index is 2.03. The highest BCUT2D eigenvalue weighted by Gasteiger charge is 2.33. The van der Waals surface area contributed by atoms with Gasteiger partial charge < -0.3 is 10.2 Å². The van der Waals surface area contributed by atoms with Crippen molar-refractivity contribution in [2.24, 2.45) is 0 Å². The zero-order chi connectivity index (χ0) is 27.0. The van der Waals surface area contributed by atoms with Crippen LogP contribution in [0.2, 0.25) is 5.02 Å². The second-order valence-corrected chi connectivity index (χ2v) is 10.8. The van der Waals surface area contributed by atoms with Crippen LogP contribution in [-0.4, -0.2) is 50.5 Å². The first-order valence-electron chi connectivity index (χ1n) is 11.7. The van der Waals surface area contributed by atoms with Crippen LogP contribution in [0.15, 0.2) is 78.9 Å². The molecule has 3 aromatic rings. The Morgan fingerprint density at radius 2 is 1.57 bits per heavy atom. The summed E-state index contributed by atoms with van der Waals surface area (Å²) in [5, 5.41) is 2.52. The first-order valence-corrected chi connectivity index (χ1v) is 13.9. The minimum Gasteiger partial charge on any atom is -0.355 e. The van der Waals surface area contributed by atoms with Gasteiger partial charge in [0.2, 0.25) is 21.8 Å². The summed E-state index contributed by atoms with van der Waals surface area (Å²) in [5.74, 6) is -1.66.